The van der Waals surface area contributed by atoms with Gasteiger partial charge >= 0.3 is 18.4 Å². The lowest BCUT2D eigenvalue weighted by molar-refractivity contribution is -0.141. The maximum Gasteiger partial charge on any atom is 0.433 e. The summed E-state index contributed by atoms with van der Waals surface area (Å²) in [5, 5.41) is 9.12. The summed E-state index contributed by atoms with van der Waals surface area (Å²) >= 11 is 0. The van der Waals surface area contributed by atoms with Gasteiger partial charge in [0.25, 0.3) is 0 Å². The van der Waals surface area contributed by atoms with E-state index in [-0.39, 0.29) is 28.3 Å². The van der Waals surface area contributed by atoms with Crippen molar-refractivity contribution in [3.63, 3.8) is 0 Å². The lowest BCUT2D eigenvalue weighted by atomic mass is 9.55. The maximum absolute atomic E-state index is 13.0. The fourth-order valence-electron chi connectivity index (χ4n) is 7.25. The van der Waals surface area contributed by atoms with Crippen LogP contribution in [0.1, 0.15) is 59.5 Å². The predicted octanol–water partition coefficient (Wildman–Crippen LogP) is 6.24. The summed E-state index contributed by atoms with van der Waals surface area (Å²) in [5.74, 6) is 0.495. The highest BCUT2D eigenvalue weighted by atomic mass is 19.4. The van der Waals surface area contributed by atoms with Crippen LogP contribution < -0.4 is 0 Å². The van der Waals surface area contributed by atoms with Gasteiger partial charge in [0.15, 0.2) is 0 Å². The molecule has 0 bridgehead atoms. The molecular formula is C28H26F6N4O. The van der Waals surface area contributed by atoms with E-state index in [0.29, 0.717) is 38.5 Å². The average Bonchev–Trinajstić information content (AvgIpc) is 2.76. The van der Waals surface area contributed by atoms with Crippen molar-refractivity contribution in [3.05, 3.63) is 64.5 Å². The van der Waals surface area contributed by atoms with Crippen molar-refractivity contribution in [2.45, 2.75) is 50.4 Å². The highest BCUT2D eigenvalue weighted by Crippen LogP contribution is 2.57. The predicted molar refractivity (Wildman–Crippen MR) is 127 cm³/mol. The van der Waals surface area contributed by atoms with Crippen LogP contribution in [0.3, 0.4) is 0 Å². The van der Waals surface area contributed by atoms with Crippen LogP contribution in [-0.4, -0.2) is 47.0 Å². The first-order chi connectivity index (χ1) is 18.3. The SMILES string of the molecule is N#Cc1cc(CC2CC3(C2)CN(C(=O)N2CC4(CC(c5ccc(C(F)(F)F)nc5)C4)C2)C3)ccc1C(F)(F)F. The fraction of sp³-hybridized carbons (Fsp3) is 0.536. The standard InChI is InChI=1S/C28H26F6N4O/c29-27(30,31)22-3-1-17(6-20(22)11-35)5-18-7-25(8-18)13-37(14-25)24(39)38-15-26(16-38)9-21(10-26)19-2-4-23(36-12-19)28(32,33)34/h1-4,6,12,18,21H,5,7-10,13-16H2. The van der Waals surface area contributed by atoms with Crippen LogP contribution in [0.25, 0.3) is 0 Å². The van der Waals surface area contributed by atoms with Gasteiger partial charge < -0.3 is 9.80 Å². The molecule has 3 heterocycles. The highest BCUT2D eigenvalue weighted by Gasteiger charge is 2.58. The summed E-state index contributed by atoms with van der Waals surface area (Å²) < 4.78 is 77.3. The molecule has 2 spiro atoms. The Bertz CT molecular complexity index is 1320. The molecule has 2 aliphatic carbocycles. The summed E-state index contributed by atoms with van der Waals surface area (Å²) in [7, 11) is 0. The number of nitrogens with zero attached hydrogens (tertiary/aromatic N) is 4. The number of pyridine rings is 1. The number of urea groups is 1. The summed E-state index contributed by atoms with van der Waals surface area (Å²) in [5.41, 5.74) is -0.477. The second-order valence-electron chi connectivity index (χ2n) is 12.0. The number of alkyl halides is 6. The number of hydrogen-bond acceptors (Lipinski definition) is 3. The number of rotatable bonds is 3. The Labute approximate surface area is 221 Å². The first-order valence-electron chi connectivity index (χ1n) is 13.0. The van der Waals surface area contributed by atoms with Crippen molar-refractivity contribution in [1.29, 1.82) is 5.26 Å². The second-order valence-corrected chi connectivity index (χ2v) is 12.0. The Morgan fingerprint density at radius 3 is 2.05 bits per heavy atom. The lowest BCUT2D eigenvalue weighted by Gasteiger charge is -2.63. The van der Waals surface area contributed by atoms with Crippen LogP contribution in [-0.2, 0) is 18.8 Å². The molecule has 2 aromatic rings. The molecule has 206 valence electrons. The highest BCUT2D eigenvalue weighted by molar-refractivity contribution is 5.77. The van der Waals surface area contributed by atoms with Gasteiger partial charge in [-0.3, -0.25) is 4.98 Å². The normalized spacial score (nSPS) is 22.1. The van der Waals surface area contributed by atoms with Gasteiger partial charge in [-0.15, -0.1) is 0 Å². The van der Waals surface area contributed by atoms with Gasteiger partial charge in [0.1, 0.15) is 5.69 Å². The van der Waals surface area contributed by atoms with Gasteiger partial charge in [-0.1, -0.05) is 12.1 Å². The molecule has 5 nitrogen and oxygen atoms in total. The Morgan fingerprint density at radius 2 is 1.54 bits per heavy atom. The van der Waals surface area contributed by atoms with Crippen LogP contribution in [0.15, 0.2) is 36.5 Å². The number of benzene rings is 1. The number of hydrogen-bond donors (Lipinski definition) is 0. The number of aromatic nitrogens is 1. The third kappa shape index (κ3) is 4.61. The van der Waals surface area contributed by atoms with Gasteiger partial charge in [-0.05, 0) is 73.3 Å². The van der Waals surface area contributed by atoms with Crippen LogP contribution in [0.4, 0.5) is 31.1 Å². The average molecular weight is 549 g/mol. The van der Waals surface area contributed by atoms with E-state index in [0.717, 1.165) is 48.9 Å². The lowest BCUT2D eigenvalue weighted by Crippen LogP contribution is -2.70. The third-order valence-corrected chi connectivity index (χ3v) is 9.03. The van der Waals surface area contributed by atoms with Crippen LogP contribution in [0, 0.1) is 28.1 Å². The minimum Gasteiger partial charge on any atom is -0.323 e. The Balaban J connectivity index is 0.936. The molecule has 2 aliphatic heterocycles. The maximum atomic E-state index is 13.0. The zero-order chi connectivity index (χ0) is 27.8. The van der Waals surface area contributed by atoms with Crippen molar-refractivity contribution >= 4 is 6.03 Å². The van der Waals surface area contributed by atoms with E-state index in [1.54, 1.807) is 6.07 Å². The molecule has 0 radical (unpaired) electrons. The summed E-state index contributed by atoms with van der Waals surface area (Å²) in [6.45, 7) is 2.69. The third-order valence-electron chi connectivity index (χ3n) is 9.03. The van der Waals surface area contributed by atoms with Gasteiger partial charge in [0, 0.05) is 43.2 Å². The summed E-state index contributed by atoms with van der Waals surface area (Å²) in [4.78, 5) is 20.2. The molecule has 39 heavy (non-hydrogen) atoms. The Kier molecular flexibility index (Phi) is 5.73. The smallest absolute Gasteiger partial charge is 0.323 e. The van der Waals surface area contributed by atoms with Crippen molar-refractivity contribution in [2.75, 3.05) is 26.2 Å². The summed E-state index contributed by atoms with van der Waals surface area (Å²) in [6, 6.07) is 7.97. The van der Waals surface area contributed by atoms with E-state index in [4.69, 9.17) is 5.26 Å². The molecule has 6 rings (SSSR count). The van der Waals surface area contributed by atoms with E-state index in [1.807, 2.05) is 9.80 Å². The minimum absolute atomic E-state index is 0.0238. The molecule has 1 aromatic heterocycles. The molecule has 1 aromatic carbocycles. The van der Waals surface area contributed by atoms with E-state index in [9.17, 15) is 31.1 Å². The topological polar surface area (TPSA) is 60.2 Å². The number of amides is 2. The summed E-state index contributed by atoms with van der Waals surface area (Å²) in [6.07, 6.45) is -3.57. The van der Waals surface area contributed by atoms with E-state index in [2.05, 4.69) is 4.98 Å². The molecule has 0 unspecified atom stereocenters. The molecule has 0 N–H and O–H groups in total. The van der Waals surface area contributed by atoms with Gasteiger partial charge in [0.05, 0.1) is 17.2 Å². The first kappa shape index (κ1) is 26.0. The molecule has 0 atom stereocenters. The van der Waals surface area contributed by atoms with Crippen molar-refractivity contribution < 1.29 is 31.1 Å². The zero-order valence-electron chi connectivity index (χ0n) is 20.9. The monoisotopic (exact) mass is 548 g/mol. The largest absolute Gasteiger partial charge is 0.433 e. The van der Waals surface area contributed by atoms with E-state index < -0.39 is 23.6 Å². The van der Waals surface area contributed by atoms with Gasteiger partial charge in [-0.2, -0.15) is 31.6 Å². The molecule has 4 aliphatic rings. The van der Waals surface area contributed by atoms with Crippen LogP contribution in [0.5, 0.6) is 0 Å². The van der Waals surface area contributed by atoms with Crippen molar-refractivity contribution in [2.24, 2.45) is 16.7 Å². The number of nitriles is 1. The fourth-order valence-corrected chi connectivity index (χ4v) is 7.25. The molecule has 11 heteroatoms. The van der Waals surface area contributed by atoms with Gasteiger partial charge in [-0.25, -0.2) is 4.79 Å². The number of carbonyl (C=O) groups is 1. The Hall–Kier alpha value is -3.29. The Morgan fingerprint density at radius 1 is 0.923 bits per heavy atom. The molecule has 4 fully saturated rings. The van der Waals surface area contributed by atoms with E-state index in [1.165, 1.54) is 24.4 Å². The van der Waals surface area contributed by atoms with Crippen LogP contribution >= 0.6 is 0 Å². The molecule has 2 amide bonds. The number of likely N-dealkylation sites (tertiary alicyclic amines) is 2. The van der Waals surface area contributed by atoms with Crippen molar-refractivity contribution in [1.82, 2.24) is 14.8 Å². The molecule has 2 saturated carbocycles. The second kappa shape index (κ2) is 8.60. The number of carbonyl (C=O) groups excluding carboxylic acids is 1. The minimum atomic E-state index is -4.55. The molecule has 2 saturated heterocycles. The van der Waals surface area contributed by atoms with Crippen LogP contribution in [0.2, 0.25) is 0 Å². The number of halogens is 6. The quantitative estimate of drug-likeness (QED) is 0.427. The zero-order valence-corrected chi connectivity index (χ0v) is 20.9. The first-order valence-corrected chi connectivity index (χ1v) is 13.0. The van der Waals surface area contributed by atoms with Gasteiger partial charge in [0.2, 0.25) is 0 Å². The van der Waals surface area contributed by atoms with E-state index >= 15 is 0 Å². The van der Waals surface area contributed by atoms with Crippen molar-refractivity contribution in [3.8, 4) is 6.07 Å². The molecular weight excluding hydrogens is 522 g/mol.